The minimum absolute atomic E-state index is 0.103. The number of hydrogen-bond donors (Lipinski definition) is 1. The van der Waals surface area contributed by atoms with Gasteiger partial charge in [-0.05, 0) is 51.2 Å². The molecule has 5 nitrogen and oxygen atoms in total. The van der Waals surface area contributed by atoms with Crippen molar-refractivity contribution >= 4 is 17.7 Å². The summed E-state index contributed by atoms with van der Waals surface area (Å²) in [6.45, 7) is 2.74. The largest absolute Gasteiger partial charge is 0.339 e. The van der Waals surface area contributed by atoms with Gasteiger partial charge in [-0.1, -0.05) is 24.6 Å². The summed E-state index contributed by atoms with van der Waals surface area (Å²) in [5.41, 5.74) is 1.29. The number of amides is 1. The van der Waals surface area contributed by atoms with Crippen molar-refractivity contribution < 1.29 is 4.79 Å². The van der Waals surface area contributed by atoms with Crippen LogP contribution in [0.2, 0.25) is 0 Å². The Morgan fingerprint density at radius 2 is 2.04 bits per heavy atom. The number of aromatic amines is 1. The number of nitrogens with one attached hydrogen (secondary N) is 1. The van der Waals surface area contributed by atoms with Crippen molar-refractivity contribution in [3.8, 4) is 0 Å². The van der Waals surface area contributed by atoms with Crippen LogP contribution in [0.4, 0.5) is 0 Å². The minimum atomic E-state index is -0.103. The predicted molar refractivity (Wildman–Crippen MR) is 96.4 cm³/mol. The molecule has 1 aliphatic carbocycles. The molecular formula is C18H27N3O2S. The Bertz CT molecular complexity index is 652. The van der Waals surface area contributed by atoms with Gasteiger partial charge in [0.25, 0.3) is 5.56 Å². The molecule has 6 heteroatoms. The molecule has 1 aromatic heterocycles. The number of aromatic nitrogens is 2. The number of aryl methyl sites for hydroxylation is 1. The summed E-state index contributed by atoms with van der Waals surface area (Å²) in [7, 11) is 0. The molecule has 1 saturated heterocycles. The molecule has 1 saturated carbocycles. The number of nitrogens with zero attached hydrogens (tertiary/aromatic N) is 2. The van der Waals surface area contributed by atoms with Crippen molar-refractivity contribution in [1.82, 2.24) is 14.9 Å². The lowest BCUT2D eigenvalue weighted by Gasteiger charge is -2.29. The Balaban J connectivity index is 1.64. The van der Waals surface area contributed by atoms with E-state index in [1.54, 1.807) is 0 Å². The molecule has 132 valence electrons. The SMILES string of the molecule is CSc1nc(C)c(CCC(=O)N2CCCC2C2CCCC2)c(=O)[nH]1. The second-order valence-corrected chi connectivity index (χ2v) is 7.78. The molecule has 0 bridgehead atoms. The molecule has 0 radical (unpaired) electrons. The molecule has 2 fully saturated rings. The monoisotopic (exact) mass is 349 g/mol. The fourth-order valence-corrected chi connectivity index (χ4v) is 4.71. The quantitative estimate of drug-likeness (QED) is 0.656. The summed E-state index contributed by atoms with van der Waals surface area (Å²) in [5, 5.41) is 0.633. The topological polar surface area (TPSA) is 66.1 Å². The smallest absolute Gasteiger partial charge is 0.254 e. The Labute approximate surface area is 147 Å². The van der Waals surface area contributed by atoms with Gasteiger partial charge in [0.1, 0.15) is 0 Å². The van der Waals surface area contributed by atoms with E-state index in [2.05, 4.69) is 14.9 Å². The van der Waals surface area contributed by atoms with E-state index in [0.717, 1.165) is 25.1 Å². The van der Waals surface area contributed by atoms with Crippen LogP contribution in [0.25, 0.3) is 0 Å². The molecule has 1 aromatic rings. The van der Waals surface area contributed by atoms with Gasteiger partial charge in [0.15, 0.2) is 5.16 Å². The maximum atomic E-state index is 12.7. The Morgan fingerprint density at radius 3 is 2.71 bits per heavy atom. The van der Waals surface area contributed by atoms with Crippen LogP contribution in [0.5, 0.6) is 0 Å². The first-order chi connectivity index (χ1) is 11.6. The normalized spacial score (nSPS) is 21.6. The number of likely N-dealkylation sites (tertiary alicyclic amines) is 1. The van der Waals surface area contributed by atoms with Crippen LogP contribution in [-0.2, 0) is 11.2 Å². The van der Waals surface area contributed by atoms with Crippen molar-refractivity contribution in [1.29, 1.82) is 0 Å². The molecule has 3 rings (SSSR count). The third-order valence-electron chi connectivity index (χ3n) is 5.55. The Kier molecular flexibility index (Phi) is 5.64. The number of hydrogen-bond acceptors (Lipinski definition) is 4. The summed E-state index contributed by atoms with van der Waals surface area (Å²) < 4.78 is 0. The molecule has 2 heterocycles. The van der Waals surface area contributed by atoms with Crippen LogP contribution in [-0.4, -0.2) is 39.6 Å². The highest BCUT2D eigenvalue weighted by Gasteiger charge is 2.35. The van der Waals surface area contributed by atoms with E-state index >= 15 is 0 Å². The molecule has 24 heavy (non-hydrogen) atoms. The number of carbonyl (C=O) groups excluding carboxylic acids is 1. The number of carbonyl (C=O) groups is 1. The van der Waals surface area contributed by atoms with E-state index in [0.29, 0.717) is 35.5 Å². The summed E-state index contributed by atoms with van der Waals surface area (Å²) in [6.07, 6.45) is 10.2. The van der Waals surface area contributed by atoms with Gasteiger partial charge in [0.2, 0.25) is 5.91 Å². The van der Waals surface area contributed by atoms with Crippen LogP contribution in [0.3, 0.4) is 0 Å². The lowest BCUT2D eigenvalue weighted by atomic mass is 9.95. The summed E-state index contributed by atoms with van der Waals surface area (Å²) in [4.78, 5) is 34.2. The predicted octanol–water partition coefficient (Wildman–Crippen LogP) is 2.91. The van der Waals surface area contributed by atoms with Crippen LogP contribution < -0.4 is 5.56 Å². The van der Waals surface area contributed by atoms with Gasteiger partial charge < -0.3 is 9.88 Å². The molecule has 1 amide bonds. The second kappa shape index (κ2) is 7.72. The zero-order valence-corrected chi connectivity index (χ0v) is 15.5. The van der Waals surface area contributed by atoms with Crippen molar-refractivity contribution in [3.05, 3.63) is 21.6 Å². The van der Waals surface area contributed by atoms with E-state index in [1.807, 2.05) is 13.2 Å². The molecule has 0 aromatic carbocycles. The zero-order valence-electron chi connectivity index (χ0n) is 14.6. The third kappa shape index (κ3) is 3.68. The molecule has 1 N–H and O–H groups in total. The van der Waals surface area contributed by atoms with Gasteiger partial charge in [-0.25, -0.2) is 4.98 Å². The lowest BCUT2D eigenvalue weighted by molar-refractivity contribution is -0.132. The minimum Gasteiger partial charge on any atom is -0.339 e. The highest BCUT2D eigenvalue weighted by atomic mass is 32.2. The van der Waals surface area contributed by atoms with Crippen molar-refractivity contribution in [2.75, 3.05) is 12.8 Å². The maximum Gasteiger partial charge on any atom is 0.254 e. The fourth-order valence-electron chi connectivity index (χ4n) is 4.29. The molecular weight excluding hydrogens is 322 g/mol. The van der Waals surface area contributed by atoms with Crippen molar-refractivity contribution in [3.63, 3.8) is 0 Å². The van der Waals surface area contributed by atoms with Gasteiger partial charge in [0.05, 0.1) is 0 Å². The zero-order chi connectivity index (χ0) is 17.1. The Morgan fingerprint density at radius 1 is 1.29 bits per heavy atom. The summed E-state index contributed by atoms with van der Waals surface area (Å²) >= 11 is 1.42. The molecule has 0 spiro atoms. The number of thioether (sulfide) groups is 1. The Hall–Kier alpha value is -1.30. The highest BCUT2D eigenvalue weighted by Crippen LogP contribution is 2.35. The maximum absolute atomic E-state index is 12.7. The van der Waals surface area contributed by atoms with Crippen LogP contribution in [0.1, 0.15) is 56.2 Å². The van der Waals surface area contributed by atoms with E-state index in [1.165, 1.54) is 37.4 Å². The fraction of sp³-hybridized carbons (Fsp3) is 0.722. The summed E-state index contributed by atoms with van der Waals surface area (Å²) in [5.74, 6) is 0.904. The van der Waals surface area contributed by atoms with Crippen LogP contribution >= 0.6 is 11.8 Å². The van der Waals surface area contributed by atoms with E-state index < -0.39 is 0 Å². The van der Waals surface area contributed by atoms with Crippen molar-refractivity contribution in [2.24, 2.45) is 5.92 Å². The second-order valence-electron chi connectivity index (χ2n) is 6.98. The molecule has 1 unspecified atom stereocenters. The van der Waals surface area contributed by atoms with E-state index in [-0.39, 0.29) is 11.5 Å². The summed E-state index contributed by atoms with van der Waals surface area (Å²) in [6, 6.07) is 0.441. The first-order valence-electron chi connectivity index (χ1n) is 9.03. The average molecular weight is 350 g/mol. The van der Waals surface area contributed by atoms with Gasteiger partial charge in [-0.2, -0.15) is 0 Å². The first-order valence-corrected chi connectivity index (χ1v) is 10.3. The lowest BCUT2D eigenvalue weighted by Crippen LogP contribution is -2.39. The number of rotatable bonds is 5. The van der Waals surface area contributed by atoms with Crippen LogP contribution in [0, 0.1) is 12.8 Å². The average Bonchev–Trinajstić information content (AvgIpc) is 3.24. The molecule has 1 atom stereocenters. The van der Waals surface area contributed by atoms with Crippen molar-refractivity contribution in [2.45, 2.75) is 69.5 Å². The van der Waals surface area contributed by atoms with Gasteiger partial charge in [-0.15, -0.1) is 0 Å². The third-order valence-corrected chi connectivity index (χ3v) is 6.13. The highest BCUT2D eigenvalue weighted by molar-refractivity contribution is 7.98. The number of H-pyrrole nitrogens is 1. The van der Waals surface area contributed by atoms with Gasteiger partial charge >= 0.3 is 0 Å². The molecule has 2 aliphatic rings. The standard InChI is InChI=1S/C18H27N3O2S/c1-12-14(17(23)20-18(19-12)24-2)9-10-16(22)21-11-5-8-15(21)13-6-3-4-7-13/h13,15H,3-11H2,1-2H3,(H,19,20,23). The van der Waals surface area contributed by atoms with Crippen LogP contribution in [0.15, 0.2) is 9.95 Å². The van der Waals surface area contributed by atoms with E-state index in [9.17, 15) is 9.59 Å². The first kappa shape index (κ1) is 17.5. The van der Waals surface area contributed by atoms with E-state index in [4.69, 9.17) is 0 Å². The molecule has 1 aliphatic heterocycles. The van der Waals surface area contributed by atoms with Gasteiger partial charge in [0, 0.05) is 30.3 Å². The van der Waals surface area contributed by atoms with Gasteiger partial charge in [-0.3, -0.25) is 9.59 Å².